The Labute approximate surface area is 253 Å². The Morgan fingerprint density at radius 2 is 1.43 bits per heavy atom. The van der Waals surface area contributed by atoms with Crippen molar-refractivity contribution in [2.24, 2.45) is 17.8 Å². The van der Waals surface area contributed by atoms with E-state index >= 15 is 0 Å². The minimum Gasteiger partial charge on any atom is -0.497 e. The number of benzene rings is 3. The first kappa shape index (κ1) is 29.0. The number of nitrogens with one attached hydrogen (secondary N) is 1. The molecule has 11 heteroatoms. The number of rotatable bonds is 9. The summed E-state index contributed by atoms with van der Waals surface area (Å²) >= 11 is 0. The molecule has 0 aromatic heterocycles. The zero-order valence-electron chi connectivity index (χ0n) is 24.4. The maximum Gasteiger partial charge on any atom is 0.329 e. The van der Waals surface area contributed by atoms with Crippen molar-refractivity contribution in [1.82, 2.24) is 4.90 Å². The van der Waals surface area contributed by atoms with E-state index in [-0.39, 0.29) is 41.3 Å². The first-order chi connectivity index (χ1) is 21.1. The molecule has 1 saturated heterocycles. The van der Waals surface area contributed by atoms with Crippen molar-refractivity contribution in [3.05, 3.63) is 99.1 Å². The van der Waals surface area contributed by atoms with Gasteiger partial charge in [-0.25, -0.2) is 4.79 Å². The van der Waals surface area contributed by atoms with Crippen molar-refractivity contribution >= 4 is 35.1 Å². The lowest BCUT2D eigenvalue weighted by Gasteiger charge is -2.45. The van der Waals surface area contributed by atoms with Crippen LogP contribution in [0.1, 0.15) is 54.4 Å². The molecule has 3 amide bonds. The lowest BCUT2D eigenvalue weighted by Crippen LogP contribution is -2.47. The van der Waals surface area contributed by atoms with E-state index in [2.05, 4.69) is 5.32 Å². The van der Waals surface area contributed by atoms with E-state index in [1.165, 1.54) is 25.3 Å². The standard InChI is InChI=1S/C33H31N3O8/c1-17(2)14-25(33(40)44-16-26(37)34-23-15-18(43-3)12-13-24(23)36(41)42)35-31(38)29-27-19-8-4-5-9-20(19)28(30(29)32(35)39)22-11-7-6-10-21(22)27/h4-13,15,17,25,27-30H,14,16H2,1-3H3,(H,34,37)/t25-,27?,28?,29-,30+/m0/s1. The second-order valence-corrected chi connectivity index (χ2v) is 11.8. The van der Waals surface area contributed by atoms with Crippen LogP contribution in [0.15, 0.2) is 66.7 Å². The van der Waals surface area contributed by atoms with Crippen LogP contribution in [0.25, 0.3) is 0 Å². The number of carbonyl (C=O) groups excluding carboxylic acids is 4. The first-order valence-electron chi connectivity index (χ1n) is 14.5. The Morgan fingerprint density at radius 1 is 0.909 bits per heavy atom. The average Bonchev–Trinajstić information content (AvgIpc) is 3.28. The first-order valence-corrected chi connectivity index (χ1v) is 14.5. The maximum atomic E-state index is 14.2. The van der Waals surface area contributed by atoms with Crippen molar-refractivity contribution in [2.45, 2.75) is 38.1 Å². The van der Waals surface area contributed by atoms with E-state index in [0.717, 1.165) is 27.2 Å². The third-order valence-corrected chi connectivity index (χ3v) is 8.78. The Morgan fingerprint density at radius 3 is 1.89 bits per heavy atom. The van der Waals surface area contributed by atoms with E-state index in [1.54, 1.807) is 0 Å². The van der Waals surface area contributed by atoms with Gasteiger partial charge in [-0.15, -0.1) is 0 Å². The topological polar surface area (TPSA) is 145 Å². The number of anilines is 1. The minimum absolute atomic E-state index is 0.0878. The third kappa shape index (κ3) is 4.68. The summed E-state index contributed by atoms with van der Waals surface area (Å²) in [5.41, 5.74) is 3.59. The van der Waals surface area contributed by atoms with Crippen molar-refractivity contribution in [3.8, 4) is 5.75 Å². The van der Waals surface area contributed by atoms with Gasteiger partial charge in [0.1, 0.15) is 17.5 Å². The smallest absolute Gasteiger partial charge is 0.329 e. The SMILES string of the molecule is COc1ccc([N+](=O)[O-])c(NC(=O)COC(=O)[C@H](CC(C)C)N2C(=O)[C@@H]3C4c5ccccc5C(c5ccccc54)[C@@H]3C2=O)c1. The summed E-state index contributed by atoms with van der Waals surface area (Å²) < 4.78 is 10.4. The molecule has 4 aliphatic rings. The molecule has 1 fully saturated rings. The molecule has 3 aromatic rings. The van der Waals surface area contributed by atoms with E-state index in [1.807, 2.05) is 62.4 Å². The predicted molar refractivity (Wildman–Crippen MR) is 158 cm³/mol. The zero-order valence-corrected chi connectivity index (χ0v) is 24.4. The van der Waals surface area contributed by atoms with Crippen molar-refractivity contribution in [1.29, 1.82) is 0 Å². The molecule has 7 rings (SSSR count). The van der Waals surface area contributed by atoms with Gasteiger partial charge in [-0.3, -0.25) is 29.4 Å². The summed E-state index contributed by atoms with van der Waals surface area (Å²) in [5.74, 6) is -4.31. The molecule has 0 radical (unpaired) electrons. The molecule has 226 valence electrons. The Hall–Kier alpha value is -5.06. The lowest BCUT2D eigenvalue weighted by atomic mass is 9.55. The highest BCUT2D eigenvalue weighted by Crippen LogP contribution is 2.61. The molecule has 3 aromatic carbocycles. The van der Waals surface area contributed by atoms with Crippen LogP contribution in [0, 0.1) is 27.9 Å². The number of carbonyl (C=O) groups is 4. The van der Waals surface area contributed by atoms with Gasteiger partial charge >= 0.3 is 5.97 Å². The van der Waals surface area contributed by atoms with Crippen molar-refractivity contribution in [3.63, 3.8) is 0 Å². The Kier molecular flexibility index (Phi) is 7.40. The number of hydrogen-bond acceptors (Lipinski definition) is 8. The number of ether oxygens (including phenoxy) is 2. The fourth-order valence-corrected chi connectivity index (χ4v) is 7.08. The normalized spacial score (nSPS) is 21.8. The molecule has 0 spiro atoms. The lowest BCUT2D eigenvalue weighted by molar-refractivity contribution is -0.383. The van der Waals surface area contributed by atoms with Gasteiger partial charge in [0.25, 0.3) is 11.6 Å². The van der Waals surface area contributed by atoms with Crippen LogP contribution in [0.4, 0.5) is 11.4 Å². The summed E-state index contributed by atoms with van der Waals surface area (Å²) in [7, 11) is 1.38. The molecule has 3 aliphatic carbocycles. The fraction of sp³-hybridized carbons (Fsp3) is 0.333. The molecular weight excluding hydrogens is 566 g/mol. The van der Waals surface area contributed by atoms with Gasteiger partial charge in [0.2, 0.25) is 11.8 Å². The minimum atomic E-state index is -1.23. The van der Waals surface area contributed by atoms with Crippen LogP contribution in [0.2, 0.25) is 0 Å². The number of nitro groups is 1. The third-order valence-electron chi connectivity index (χ3n) is 8.78. The number of nitro benzene ring substituents is 1. The summed E-state index contributed by atoms with van der Waals surface area (Å²) in [6.07, 6.45) is 0.147. The maximum absolute atomic E-state index is 14.2. The highest BCUT2D eigenvalue weighted by molar-refractivity contribution is 6.10. The zero-order chi connectivity index (χ0) is 31.3. The molecule has 0 saturated carbocycles. The largest absolute Gasteiger partial charge is 0.497 e. The molecule has 3 atom stereocenters. The van der Waals surface area contributed by atoms with Gasteiger partial charge in [-0.05, 0) is 40.7 Å². The van der Waals surface area contributed by atoms with E-state index in [0.29, 0.717) is 0 Å². The highest BCUT2D eigenvalue weighted by atomic mass is 16.6. The van der Waals surface area contributed by atoms with Gasteiger partial charge in [0, 0.05) is 24.0 Å². The van der Waals surface area contributed by atoms with Gasteiger partial charge < -0.3 is 14.8 Å². The van der Waals surface area contributed by atoms with E-state index in [4.69, 9.17) is 9.47 Å². The van der Waals surface area contributed by atoms with E-state index in [9.17, 15) is 29.3 Å². The molecule has 1 aliphatic heterocycles. The summed E-state index contributed by atoms with van der Waals surface area (Å²) in [6.45, 7) is 2.96. The Bertz CT molecular complexity index is 1590. The van der Waals surface area contributed by atoms with E-state index < -0.39 is 53.1 Å². The number of methoxy groups -OCH3 is 1. The quantitative estimate of drug-likeness (QED) is 0.165. The van der Waals surface area contributed by atoms with Gasteiger partial charge in [0.05, 0.1) is 23.9 Å². The summed E-state index contributed by atoms with van der Waals surface area (Å²) in [6, 6.07) is 18.4. The number of nitrogens with zero attached hydrogens (tertiary/aromatic N) is 2. The number of esters is 1. The second kappa shape index (κ2) is 11.2. The monoisotopic (exact) mass is 597 g/mol. The predicted octanol–water partition coefficient (Wildman–Crippen LogP) is 4.39. The van der Waals surface area contributed by atoms with Crippen molar-refractivity contribution in [2.75, 3.05) is 19.0 Å². The molecule has 1 heterocycles. The fourth-order valence-electron chi connectivity index (χ4n) is 7.08. The van der Waals surface area contributed by atoms with Crippen LogP contribution in [-0.2, 0) is 23.9 Å². The molecule has 2 bridgehead atoms. The molecule has 0 unspecified atom stereocenters. The number of hydrogen-bond donors (Lipinski definition) is 1. The summed E-state index contributed by atoms with van der Waals surface area (Å²) in [4.78, 5) is 66.5. The second-order valence-electron chi connectivity index (χ2n) is 11.8. The van der Waals surface area contributed by atoms with Crippen LogP contribution in [0.3, 0.4) is 0 Å². The van der Waals surface area contributed by atoms with Crippen LogP contribution in [0.5, 0.6) is 5.75 Å². The number of amides is 3. The van der Waals surface area contributed by atoms with Gasteiger partial charge in [0.15, 0.2) is 6.61 Å². The van der Waals surface area contributed by atoms with Crippen LogP contribution >= 0.6 is 0 Å². The average molecular weight is 598 g/mol. The number of imide groups is 1. The molecule has 44 heavy (non-hydrogen) atoms. The molecule has 11 nitrogen and oxygen atoms in total. The molecule has 1 N–H and O–H groups in total. The van der Waals surface area contributed by atoms with Crippen LogP contribution < -0.4 is 10.1 Å². The highest BCUT2D eigenvalue weighted by Gasteiger charge is 2.63. The molecular formula is C33H31N3O8. The van der Waals surface area contributed by atoms with Crippen molar-refractivity contribution < 1.29 is 33.6 Å². The number of likely N-dealkylation sites (tertiary alicyclic amines) is 1. The van der Waals surface area contributed by atoms with Gasteiger partial charge in [-0.1, -0.05) is 62.4 Å². The summed E-state index contributed by atoms with van der Waals surface area (Å²) in [5, 5.41) is 13.8. The van der Waals surface area contributed by atoms with Gasteiger partial charge in [-0.2, -0.15) is 0 Å². The Balaban J connectivity index is 1.25. The van der Waals surface area contributed by atoms with Crippen LogP contribution in [-0.4, -0.2) is 53.3 Å².